The van der Waals surface area contributed by atoms with Gasteiger partial charge < -0.3 is 10.1 Å². The monoisotopic (exact) mass is 379 g/mol. The Bertz CT molecular complexity index is 1040. The highest BCUT2D eigenvalue weighted by Crippen LogP contribution is 2.14. The summed E-state index contributed by atoms with van der Waals surface area (Å²) in [5.74, 6) is -1.15. The van der Waals surface area contributed by atoms with Crippen molar-refractivity contribution in [1.82, 2.24) is 15.1 Å². The van der Waals surface area contributed by atoms with Gasteiger partial charge in [0.15, 0.2) is 12.3 Å². The zero-order chi connectivity index (χ0) is 19.9. The third-order valence-electron chi connectivity index (χ3n) is 4.16. The van der Waals surface area contributed by atoms with Gasteiger partial charge in [0, 0.05) is 18.5 Å². The van der Waals surface area contributed by atoms with Crippen molar-refractivity contribution < 1.29 is 14.3 Å². The van der Waals surface area contributed by atoms with Crippen LogP contribution in [0.15, 0.2) is 59.4 Å². The van der Waals surface area contributed by atoms with Crippen LogP contribution in [0.3, 0.4) is 0 Å². The van der Waals surface area contributed by atoms with E-state index in [-0.39, 0.29) is 11.3 Å². The molecule has 0 unspecified atom stereocenters. The molecule has 144 valence electrons. The molecule has 28 heavy (non-hydrogen) atoms. The molecule has 0 saturated carbocycles. The molecule has 2 aromatic carbocycles. The van der Waals surface area contributed by atoms with Gasteiger partial charge >= 0.3 is 5.97 Å². The number of carbonyl (C=O) groups excluding carboxylic acids is 2. The third-order valence-corrected chi connectivity index (χ3v) is 4.16. The predicted octanol–water partition coefficient (Wildman–Crippen LogP) is 2.28. The summed E-state index contributed by atoms with van der Waals surface area (Å²) < 4.78 is 6.39. The lowest BCUT2D eigenvalue weighted by Gasteiger charge is -2.10. The van der Waals surface area contributed by atoms with E-state index >= 15 is 0 Å². The lowest BCUT2D eigenvalue weighted by molar-refractivity contribution is -0.124. The van der Waals surface area contributed by atoms with Crippen molar-refractivity contribution in [1.29, 1.82) is 0 Å². The fourth-order valence-corrected chi connectivity index (χ4v) is 2.80. The van der Waals surface area contributed by atoms with E-state index in [4.69, 9.17) is 4.74 Å². The molecule has 3 rings (SSSR count). The average molecular weight is 379 g/mol. The van der Waals surface area contributed by atoms with Crippen LogP contribution in [0.1, 0.15) is 29.4 Å². The Balaban J connectivity index is 1.71. The Hall–Kier alpha value is -3.48. The van der Waals surface area contributed by atoms with Crippen LogP contribution < -0.4 is 10.9 Å². The molecule has 0 atom stereocenters. The minimum atomic E-state index is -0.740. The SMILES string of the molecule is CCCn1nc(C(=O)OCC(=O)NCc2ccccc2)c2ccccc2c1=O. The van der Waals surface area contributed by atoms with Gasteiger partial charge in [-0.2, -0.15) is 5.10 Å². The summed E-state index contributed by atoms with van der Waals surface area (Å²) >= 11 is 0. The van der Waals surface area contributed by atoms with Crippen molar-refractivity contribution in [2.75, 3.05) is 6.61 Å². The number of ether oxygens (including phenoxy) is 1. The van der Waals surface area contributed by atoms with Crippen molar-refractivity contribution in [3.63, 3.8) is 0 Å². The maximum Gasteiger partial charge on any atom is 0.359 e. The van der Waals surface area contributed by atoms with E-state index in [1.807, 2.05) is 37.3 Å². The van der Waals surface area contributed by atoms with Crippen molar-refractivity contribution in [2.24, 2.45) is 0 Å². The van der Waals surface area contributed by atoms with Gasteiger partial charge in [0.1, 0.15) is 0 Å². The minimum Gasteiger partial charge on any atom is -0.451 e. The highest BCUT2D eigenvalue weighted by Gasteiger charge is 2.18. The van der Waals surface area contributed by atoms with Gasteiger partial charge in [-0.05, 0) is 18.1 Å². The normalized spacial score (nSPS) is 10.6. The first-order valence-electron chi connectivity index (χ1n) is 9.07. The second-order valence-corrected chi connectivity index (χ2v) is 6.26. The largest absolute Gasteiger partial charge is 0.451 e. The number of hydrogen-bond donors (Lipinski definition) is 1. The number of aryl methyl sites for hydroxylation is 1. The molecule has 0 aliphatic heterocycles. The lowest BCUT2D eigenvalue weighted by Crippen LogP contribution is -2.30. The second kappa shape index (κ2) is 8.94. The van der Waals surface area contributed by atoms with Crippen molar-refractivity contribution in [3.8, 4) is 0 Å². The molecule has 0 fully saturated rings. The van der Waals surface area contributed by atoms with E-state index in [9.17, 15) is 14.4 Å². The summed E-state index contributed by atoms with van der Waals surface area (Å²) in [4.78, 5) is 37.0. The van der Waals surface area contributed by atoms with Crippen LogP contribution in [0.25, 0.3) is 10.8 Å². The average Bonchev–Trinajstić information content (AvgIpc) is 2.73. The van der Waals surface area contributed by atoms with Crippen LogP contribution >= 0.6 is 0 Å². The van der Waals surface area contributed by atoms with Crippen LogP contribution in [0, 0.1) is 0 Å². The highest BCUT2D eigenvalue weighted by molar-refractivity contribution is 6.02. The van der Waals surface area contributed by atoms with E-state index in [0.717, 1.165) is 5.56 Å². The van der Waals surface area contributed by atoms with E-state index in [1.54, 1.807) is 24.3 Å². The predicted molar refractivity (Wildman–Crippen MR) is 105 cm³/mol. The van der Waals surface area contributed by atoms with Crippen LogP contribution in [-0.4, -0.2) is 28.3 Å². The molecule has 0 aliphatic carbocycles. The molecule has 1 aromatic heterocycles. The number of hydrogen-bond acceptors (Lipinski definition) is 5. The Morgan fingerprint density at radius 2 is 1.71 bits per heavy atom. The first kappa shape index (κ1) is 19.3. The molecule has 0 spiro atoms. The van der Waals surface area contributed by atoms with E-state index in [2.05, 4.69) is 10.4 Å². The summed E-state index contributed by atoms with van der Waals surface area (Å²) in [6, 6.07) is 16.2. The molecule has 1 heterocycles. The van der Waals surface area contributed by atoms with Crippen LogP contribution in [0.5, 0.6) is 0 Å². The van der Waals surface area contributed by atoms with E-state index in [1.165, 1.54) is 4.68 Å². The first-order valence-corrected chi connectivity index (χ1v) is 9.07. The molecule has 0 radical (unpaired) electrons. The number of aromatic nitrogens is 2. The van der Waals surface area contributed by atoms with Gasteiger partial charge in [-0.3, -0.25) is 9.59 Å². The Morgan fingerprint density at radius 3 is 2.43 bits per heavy atom. The molecular formula is C21H21N3O4. The zero-order valence-corrected chi connectivity index (χ0v) is 15.6. The number of benzene rings is 2. The Morgan fingerprint density at radius 1 is 1.04 bits per heavy atom. The maximum atomic E-state index is 12.5. The zero-order valence-electron chi connectivity index (χ0n) is 15.6. The van der Waals surface area contributed by atoms with Gasteiger partial charge in [-0.1, -0.05) is 55.5 Å². The first-order chi connectivity index (χ1) is 13.6. The summed E-state index contributed by atoms with van der Waals surface area (Å²) in [7, 11) is 0. The van der Waals surface area contributed by atoms with Crippen molar-refractivity contribution >= 4 is 22.6 Å². The summed E-state index contributed by atoms with van der Waals surface area (Å²) in [5, 5.41) is 7.66. The number of fused-ring (bicyclic) bond motifs is 1. The standard InChI is InChI=1S/C21H21N3O4/c1-2-12-24-20(26)17-11-7-6-10-16(17)19(23-24)21(27)28-14-18(25)22-13-15-8-4-3-5-9-15/h3-11H,2,12-14H2,1H3,(H,22,25). The van der Waals surface area contributed by atoms with Crippen LogP contribution in [-0.2, 0) is 22.6 Å². The molecule has 1 amide bonds. The molecule has 0 saturated heterocycles. The van der Waals surface area contributed by atoms with E-state index < -0.39 is 18.5 Å². The topological polar surface area (TPSA) is 90.3 Å². The molecular weight excluding hydrogens is 358 g/mol. The highest BCUT2D eigenvalue weighted by atomic mass is 16.5. The van der Waals surface area contributed by atoms with Crippen LogP contribution in [0.4, 0.5) is 0 Å². The number of rotatable bonds is 7. The molecule has 0 aliphatic rings. The van der Waals surface area contributed by atoms with Gasteiger partial charge in [-0.25, -0.2) is 9.48 Å². The molecule has 7 heteroatoms. The van der Waals surface area contributed by atoms with Gasteiger partial charge in [0.25, 0.3) is 11.5 Å². The maximum absolute atomic E-state index is 12.5. The van der Waals surface area contributed by atoms with E-state index in [0.29, 0.717) is 30.3 Å². The number of amides is 1. The number of nitrogens with zero attached hydrogens (tertiary/aromatic N) is 2. The summed E-state index contributed by atoms with van der Waals surface area (Å²) in [6.45, 7) is 2.23. The fraction of sp³-hybridized carbons (Fsp3) is 0.238. The molecule has 3 aromatic rings. The Kier molecular flexibility index (Phi) is 6.16. The van der Waals surface area contributed by atoms with Gasteiger partial charge in [0.2, 0.25) is 0 Å². The lowest BCUT2D eigenvalue weighted by atomic mass is 10.1. The smallest absolute Gasteiger partial charge is 0.359 e. The molecule has 0 bridgehead atoms. The Labute approximate surface area is 161 Å². The van der Waals surface area contributed by atoms with Gasteiger partial charge in [-0.15, -0.1) is 0 Å². The quantitative estimate of drug-likeness (QED) is 0.636. The van der Waals surface area contributed by atoms with Crippen LogP contribution in [0.2, 0.25) is 0 Å². The molecule has 7 nitrogen and oxygen atoms in total. The van der Waals surface area contributed by atoms with Crippen molar-refractivity contribution in [2.45, 2.75) is 26.4 Å². The number of carbonyl (C=O) groups is 2. The number of nitrogens with one attached hydrogen (secondary N) is 1. The molecule has 1 N–H and O–H groups in total. The van der Waals surface area contributed by atoms with Crippen molar-refractivity contribution in [3.05, 3.63) is 76.2 Å². The van der Waals surface area contributed by atoms with Gasteiger partial charge in [0.05, 0.1) is 5.39 Å². The third kappa shape index (κ3) is 4.43. The summed E-state index contributed by atoms with van der Waals surface area (Å²) in [6.07, 6.45) is 0.696. The fourth-order valence-electron chi connectivity index (χ4n) is 2.80. The number of esters is 1. The second-order valence-electron chi connectivity index (χ2n) is 6.26. The minimum absolute atomic E-state index is 0.0273. The summed E-state index contributed by atoms with van der Waals surface area (Å²) in [5.41, 5.74) is 0.718.